The van der Waals surface area contributed by atoms with Crippen molar-refractivity contribution in [2.24, 2.45) is 9.98 Å². The van der Waals surface area contributed by atoms with Gasteiger partial charge in [-0.25, -0.2) is 0 Å². The molecule has 6 heteroatoms. The van der Waals surface area contributed by atoms with Crippen molar-refractivity contribution in [3.63, 3.8) is 0 Å². The summed E-state index contributed by atoms with van der Waals surface area (Å²) in [6, 6.07) is 5.51. The Hall–Kier alpha value is -2.76. The Morgan fingerprint density at radius 2 is 2.22 bits per heavy atom. The first-order valence-electron chi connectivity index (χ1n) is 9.24. The predicted molar refractivity (Wildman–Crippen MR) is 112 cm³/mol. The number of pyridine rings is 1. The smallest absolute Gasteiger partial charge is 0.126 e. The lowest BCUT2D eigenvalue weighted by Gasteiger charge is -2.15. The zero-order valence-electron chi connectivity index (χ0n) is 15.9. The summed E-state index contributed by atoms with van der Waals surface area (Å²) in [7, 11) is 5.54. The van der Waals surface area contributed by atoms with Crippen LogP contribution in [0.4, 0.5) is 0 Å². The second kappa shape index (κ2) is 11.1. The zero-order valence-corrected chi connectivity index (χ0v) is 15.9. The van der Waals surface area contributed by atoms with Gasteiger partial charge in [0.15, 0.2) is 0 Å². The Bertz CT molecular complexity index is 779. The van der Waals surface area contributed by atoms with Crippen LogP contribution in [0.2, 0.25) is 0 Å². The van der Waals surface area contributed by atoms with Crippen LogP contribution in [0, 0.1) is 0 Å². The minimum atomic E-state index is -0.235. The standard InChI is InChI=1S/C21H25BN4O/c1-3-13-24-21-19(11-8-15-27)25-20(18-9-5-6-14-23-18)16(4-2)17(26-21)10-7-12-22/h4-7,9-10,12,14-15,19H,3,8,11,13H2,1-2H3,(H,24,26)/b12-7+,16-4+,17-10+/t19-/m0/s1. The molecule has 1 N–H and O–H groups in total. The van der Waals surface area contributed by atoms with Gasteiger partial charge in [-0.1, -0.05) is 25.1 Å². The summed E-state index contributed by atoms with van der Waals surface area (Å²) < 4.78 is 0. The Kier molecular flexibility index (Phi) is 8.42. The molecule has 0 saturated carbocycles. The average molecular weight is 360 g/mol. The van der Waals surface area contributed by atoms with Gasteiger partial charge in [0.1, 0.15) is 26.0 Å². The number of aldehydes is 1. The quantitative estimate of drug-likeness (QED) is 0.600. The summed E-state index contributed by atoms with van der Waals surface area (Å²) in [6.45, 7) is 4.73. The minimum absolute atomic E-state index is 0.235. The van der Waals surface area contributed by atoms with Crippen molar-refractivity contribution in [1.82, 2.24) is 10.3 Å². The van der Waals surface area contributed by atoms with E-state index in [1.165, 1.54) is 5.98 Å². The second-order valence-corrected chi connectivity index (χ2v) is 6.01. The number of allylic oxidation sites excluding steroid dienone is 4. The SMILES string of the molecule is [B]/C=C/C=C1/NC(=NCCC)[C@H](CCC=O)N=C(c2ccccn2)/C1=C/C. The van der Waals surface area contributed by atoms with Crippen LogP contribution >= 0.6 is 0 Å². The average Bonchev–Trinajstić information content (AvgIpc) is 2.86. The van der Waals surface area contributed by atoms with Crippen molar-refractivity contribution in [2.45, 2.75) is 39.2 Å². The highest BCUT2D eigenvalue weighted by molar-refractivity contribution is 6.18. The van der Waals surface area contributed by atoms with Gasteiger partial charge in [-0.05, 0) is 38.0 Å². The lowest BCUT2D eigenvalue weighted by atomic mass is 10.0. The summed E-state index contributed by atoms with van der Waals surface area (Å²) in [5, 5.41) is 3.42. The summed E-state index contributed by atoms with van der Waals surface area (Å²) >= 11 is 0. The highest BCUT2D eigenvalue weighted by atomic mass is 16.1. The molecule has 5 nitrogen and oxygen atoms in total. The fourth-order valence-electron chi connectivity index (χ4n) is 2.79. The number of amidine groups is 1. The molecular weight excluding hydrogens is 335 g/mol. The third-order valence-electron chi connectivity index (χ3n) is 4.04. The first-order chi connectivity index (χ1) is 13.2. The number of aromatic nitrogens is 1. The molecule has 0 amide bonds. The molecule has 1 aliphatic rings. The number of hydrogen-bond donors (Lipinski definition) is 1. The van der Waals surface area contributed by atoms with Crippen LogP contribution in [-0.2, 0) is 4.79 Å². The minimum Gasteiger partial charge on any atom is -0.342 e. The first-order valence-corrected chi connectivity index (χ1v) is 9.24. The summed E-state index contributed by atoms with van der Waals surface area (Å²) in [5.74, 6) is 2.25. The van der Waals surface area contributed by atoms with Gasteiger partial charge in [0, 0.05) is 30.4 Å². The van der Waals surface area contributed by atoms with E-state index in [9.17, 15) is 4.79 Å². The molecule has 0 aliphatic carbocycles. The summed E-state index contributed by atoms with van der Waals surface area (Å²) in [4.78, 5) is 25.1. The Morgan fingerprint density at radius 3 is 2.85 bits per heavy atom. The highest BCUT2D eigenvalue weighted by Crippen LogP contribution is 2.22. The van der Waals surface area contributed by atoms with E-state index in [1.54, 1.807) is 12.3 Å². The monoisotopic (exact) mass is 360 g/mol. The highest BCUT2D eigenvalue weighted by Gasteiger charge is 2.26. The predicted octanol–water partition coefficient (Wildman–Crippen LogP) is 3.14. The normalized spacial score (nSPS) is 22.1. The molecule has 2 heterocycles. The Balaban J connectivity index is 2.63. The molecule has 0 fully saturated rings. The van der Waals surface area contributed by atoms with Gasteiger partial charge < -0.3 is 10.1 Å². The van der Waals surface area contributed by atoms with E-state index in [0.717, 1.165) is 41.2 Å². The van der Waals surface area contributed by atoms with E-state index in [-0.39, 0.29) is 6.04 Å². The number of carbonyl (C=O) groups is 1. The first kappa shape index (κ1) is 20.6. The number of rotatable bonds is 7. The summed E-state index contributed by atoms with van der Waals surface area (Å²) in [6.07, 6.45) is 10.3. The van der Waals surface area contributed by atoms with Gasteiger partial charge in [0.2, 0.25) is 0 Å². The van der Waals surface area contributed by atoms with Crippen LogP contribution < -0.4 is 5.32 Å². The summed E-state index contributed by atoms with van der Waals surface area (Å²) in [5.41, 5.74) is 3.33. The molecule has 138 valence electrons. The van der Waals surface area contributed by atoms with Crippen LogP contribution in [0.3, 0.4) is 0 Å². The molecule has 2 radical (unpaired) electrons. The number of hydrogen-bond acceptors (Lipinski definition) is 4. The van der Waals surface area contributed by atoms with Gasteiger partial charge >= 0.3 is 0 Å². The van der Waals surface area contributed by atoms with Gasteiger partial charge in [-0.3, -0.25) is 15.0 Å². The van der Waals surface area contributed by atoms with Crippen molar-refractivity contribution >= 4 is 25.7 Å². The molecule has 1 atom stereocenters. The van der Waals surface area contributed by atoms with Crippen molar-refractivity contribution < 1.29 is 4.79 Å². The van der Waals surface area contributed by atoms with E-state index in [4.69, 9.17) is 12.8 Å². The van der Waals surface area contributed by atoms with Crippen LogP contribution in [0.15, 0.2) is 69.9 Å². The van der Waals surface area contributed by atoms with Crippen molar-refractivity contribution in [3.05, 3.63) is 65.6 Å². The molecule has 0 unspecified atom stereocenters. The van der Waals surface area contributed by atoms with E-state index in [0.29, 0.717) is 19.4 Å². The molecule has 0 bridgehead atoms. The number of nitrogens with one attached hydrogen (secondary N) is 1. The molecule has 0 aromatic carbocycles. The number of aliphatic imine (C=N–C) groups is 2. The molecule has 1 aromatic rings. The Morgan fingerprint density at radius 1 is 1.37 bits per heavy atom. The van der Waals surface area contributed by atoms with Crippen LogP contribution in [-0.4, -0.2) is 43.3 Å². The fourth-order valence-corrected chi connectivity index (χ4v) is 2.79. The van der Waals surface area contributed by atoms with Gasteiger partial charge in [-0.2, -0.15) is 0 Å². The number of carbonyl (C=O) groups excluding carboxylic acids is 1. The van der Waals surface area contributed by atoms with E-state index in [2.05, 4.69) is 22.2 Å². The van der Waals surface area contributed by atoms with E-state index >= 15 is 0 Å². The van der Waals surface area contributed by atoms with E-state index < -0.39 is 0 Å². The third kappa shape index (κ3) is 5.61. The molecule has 1 aromatic heterocycles. The number of nitrogens with zero attached hydrogens (tertiary/aromatic N) is 3. The second-order valence-electron chi connectivity index (χ2n) is 6.01. The van der Waals surface area contributed by atoms with Gasteiger partial charge in [0.05, 0.1) is 11.4 Å². The van der Waals surface area contributed by atoms with Crippen molar-refractivity contribution in [3.8, 4) is 0 Å². The molecular formula is C21H25BN4O. The van der Waals surface area contributed by atoms with Crippen molar-refractivity contribution in [2.75, 3.05) is 6.54 Å². The van der Waals surface area contributed by atoms with Crippen LogP contribution in [0.5, 0.6) is 0 Å². The molecule has 2 rings (SSSR count). The van der Waals surface area contributed by atoms with Crippen molar-refractivity contribution in [1.29, 1.82) is 0 Å². The lowest BCUT2D eigenvalue weighted by Crippen LogP contribution is -2.32. The Labute approximate surface area is 162 Å². The lowest BCUT2D eigenvalue weighted by molar-refractivity contribution is -0.107. The third-order valence-corrected chi connectivity index (χ3v) is 4.04. The van der Waals surface area contributed by atoms with Gasteiger partial charge in [0.25, 0.3) is 0 Å². The maximum atomic E-state index is 11.0. The molecule has 0 spiro atoms. The van der Waals surface area contributed by atoms with Gasteiger partial charge in [-0.15, -0.1) is 5.98 Å². The van der Waals surface area contributed by atoms with E-state index in [1.807, 2.05) is 37.3 Å². The molecule has 0 saturated heterocycles. The maximum absolute atomic E-state index is 11.0. The molecule has 1 aliphatic heterocycles. The largest absolute Gasteiger partial charge is 0.342 e. The van der Waals surface area contributed by atoms with Crippen LogP contribution in [0.25, 0.3) is 0 Å². The topological polar surface area (TPSA) is 66.7 Å². The fraction of sp³-hybridized carbons (Fsp3) is 0.333. The van der Waals surface area contributed by atoms with Crippen LogP contribution in [0.1, 0.15) is 38.8 Å². The molecule has 27 heavy (non-hydrogen) atoms. The zero-order chi connectivity index (χ0) is 19.5. The maximum Gasteiger partial charge on any atom is 0.126 e.